The van der Waals surface area contributed by atoms with Crippen LogP contribution in [0.25, 0.3) is 0 Å². The topological polar surface area (TPSA) is 55.4 Å². The molecule has 0 aromatic carbocycles. The van der Waals surface area contributed by atoms with Crippen molar-refractivity contribution in [2.24, 2.45) is 0 Å². The number of rotatable bonds is 7. The normalized spacial score (nSPS) is 9.94. The highest BCUT2D eigenvalue weighted by Gasteiger charge is 2.06. The molecule has 0 atom stereocenters. The third-order valence-corrected chi connectivity index (χ3v) is 3.07. The highest BCUT2D eigenvalue weighted by Crippen LogP contribution is 2.08. The first-order chi connectivity index (χ1) is 8.22. The van der Waals surface area contributed by atoms with Crippen LogP contribution in [0.3, 0.4) is 0 Å². The molecule has 0 unspecified atom stereocenters. The van der Waals surface area contributed by atoms with Gasteiger partial charge in [-0.25, -0.2) is 0 Å². The third kappa shape index (κ3) is 6.06. The van der Waals surface area contributed by atoms with Crippen LogP contribution in [-0.4, -0.2) is 25.0 Å². The molecule has 1 aromatic heterocycles. The fourth-order valence-corrected chi connectivity index (χ4v) is 2.03. The van der Waals surface area contributed by atoms with E-state index in [-0.39, 0.29) is 24.7 Å². The molecule has 0 fully saturated rings. The fraction of sp³-hybridized carbons (Fsp3) is 0.500. The van der Waals surface area contributed by atoms with E-state index in [2.05, 4.69) is 5.32 Å². The summed E-state index contributed by atoms with van der Waals surface area (Å²) in [6, 6.07) is 4.03. The molecule has 0 saturated carbocycles. The van der Waals surface area contributed by atoms with Gasteiger partial charge >= 0.3 is 5.97 Å². The third-order valence-electron chi connectivity index (χ3n) is 2.14. The molecule has 0 aliphatic rings. The van der Waals surface area contributed by atoms with Crippen LogP contribution in [0.2, 0.25) is 0 Å². The monoisotopic (exact) mass is 255 g/mol. The number of amides is 1. The zero-order chi connectivity index (χ0) is 12.5. The van der Waals surface area contributed by atoms with E-state index >= 15 is 0 Å². The Morgan fingerprint density at radius 3 is 2.88 bits per heavy atom. The van der Waals surface area contributed by atoms with Crippen molar-refractivity contribution in [1.82, 2.24) is 5.32 Å². The van der Waals surface area contributed by atoms with Gasteiger partial charge in [-0.1, -0.05) is 6.07 Å². The Labute approximate surface area is 105 Å². The summed E-state index contributed by atoms with van der Waals surface area (Å²) in [4.78, 5) is 23.6. The molecule has 1 heterocycles. The molecule has 0 aliphatic heterocycles. The van der Waals surface area contributed by atoms with Crippen LogP contribution >= 0.6 is 11.3 Å². The maximum Gasteiger partial charge on any atom is 0.306 e. The Morgan fingerprint density at radius 1 is 1.41 bits per heavy atom. The van der Waals surface area contributed by atoms with Crippen LogP contribution in [0.5, 0.6) is 0 Å². The number of ether oxygens (including phenoxy) is 1. The van der Waals surface area contributed by atoms with E-state index in [1.165, 1.54) is 4.88 Å². The smallest absolute Gasteiger partial charge is 0.306 e. The second-order valence-corrected chi connectivity index (χ2v) is 4.52. The van der Waals surface area contributed by atoms with Gasteiger partial charge in [0.25, 0.3) is 0 Å². The van der Waals surface area contributed by atoms with Gasteiger partial charge in [0.1, 0.15) is 0 Å². The minimum absolute atomic E-state index is 0.102. The maximum absolute atomic E-state index is 11.4. The Hall–Kier alpha value is -1.36. The van der Waals surface area contributed by atoms with Crippen molar-refractivity contribution >= 4 is 23.2 Å². The minimum Gasteiger partial charge on any atom is -0.466 e. The second kappa shape index (κ2) is 7.84. The van der Waals surface area contributed by atoms with Gasteiger partial charge in [0, 0.05) is 17.8 Å². The molecule has 1 aromatic rings. The molecule has 4 nitrogen and oxygen atoms in total. The summed E-state index contributed by atoms with van der Waals surface area (Å²) >= 11 is 1.67. The van der Waals surface area contributed by atoms with Crippen molar-refractivity contribution in [3.05, 3.63) is 22.4 Å². The molecule has 1 N–H and O–H groups in total. The van der Waals surface area contributed by atoms with Crippen molar-refractivity contribution in [1.29, 1.82) is 0 Å². The number of carbonyl (C=O) groups excluding carboxylic acids is 2. The largest absolute Gasteiger partial charge is 0.466 e. The lowest BCUT2D eigenvalue weighted by atomic mass is 10.3. The molecular weight excluding hydrogens is 238 g/mol. The average Bonchev–Trinajstić information content (AvgIpc) is 2.80. The lowest BCUT2D eigenvalue weighted by Gasteiger charge is -2.04. The SMILES string of the molecule is CCOC(=O)CCC(=O)NCCc1cccs1. The highest BCUT2D eigenvalue weighted by molar-refractivity contribution is 7.09. The number of carbonyl (C=O) groups is 2. The standard InChI is InChI=1S/C12H17NO3S/c1-2-16-12(15)6-5-11(14)13-8-7-10-4-3-9-17-10/h3-4,9H,2,5-8H2,1H3,(H,13,14). The van der Waals surface area contributed by atoms with Gasteiger partial charge < -0.3 is 10.1 Å². The predicted molar refractivity (Wildman–Crippen MR) is 66.9 cm³/mol. The lowest BCUT2D eigenvalue weighted by molar-refractivity contribution is -0.144. The van der Waals surface area contributed by atoms with Crippen LogP contribution < -0.4 is 5.32 Å². The molecule has 5 heteroatoms. The van der Waals surface area contributed by atoms with Crippen molar-refractivity contribution in [3.8, 4) is 0 Å². The molecule has 0 spiro atoms. The van der Waals surface area contributed by atoms with Crippen LogP contribution in [0.1, 0.15) is 24.6 Å². The molecular formula is C12H17NO3S. The van der Waals surface area contributed by atoms with Gasteiger partial charge in [-0.3, -0.25) is 9.59 Å². The Kier molecular flexibility index (Phi) is 6.32. The summed E-state index contributed by atoms with van der Waals surface area (Å²) < 4.78 is 4.74. The molecule has 1 amide bonds. The molecule has 17 heavy (non-hydrogen) atoms. The fourth-order valence-electron chi connectivity index (χ4n) is 1.32. The molecule has 0 radical (unpaired) electrons. The number of esters is 1. The number of hydrogen-bond donors (Lipinski definition) is 1. The van der Waals surface area contributed by atoms with Gasteiger partial charge in [0.2, 0.25) is 5.91 Å². The van der Waals surface area contributed by atoms with E-state index in [0.717, 1.165) is 6.42 Å². The van der Waals surface area contributed by atoms with Crippen LogP contribution in [0.4, 0.5) is 0 Å². The second-order valence-electron chi connectivity index (χ2n) is 3.48. The Bertz CT molecular complexity index is 349. The van der Waals surface area contributed by atoms with E-state index in [4.69, 9.17) is 4.74 Å². The quantitative estimate of drug-likeness (QED) is 0.755. The van der Waals surface area contributed by atoms with Crippen molar-refractivity contribution in [3.63, 3.8) is 0 Å². The van der Waals surface area contributed by atoms with Crippen molar-refractivity contribution in [2.75, 3.05) is 13.2 Å². The number of hydrogen-bond acceptors (Lipinski definition) is 4. The van der Waals surface area contributed by atoms with Gasteiger partial charge in [0.15, 0.2) is 0 Å². The van der Waals surface area contributed by atoms with Gasteiger partial charge in [-0.05, 0) is 24.8 Å². The summed E-state index contributed by atoms with van der Waals surface area (Å²) in [6.07, 6.45) is 1.19. The zero-order valence-corrected chi connectivity index (χ0v) is 10.7. The van der Waals surface area contributed by atoms with E-state index in [1.807, 2.05) is 17.5 Å². The summed E-state index contributed by atoms with van der Waals surface area (Å²) in [7, 11) is 0. The molecule has 0 saturated heterocycles. The maximum atomic E-state index is 11.4. The average molecular weight is 255 g/mol. The van der Waals surface area contributed by atoms with Crippen LogP contribution in [-0.2, 0) is 20.7 Å². The summed E-state index contributed by atoms with van der Waals surface area (Å²) in [6.45, 7) is 2.72. The van der Waals surface area contributed by atoms with Crippen molar-refractivity contribution in [2.45, 2.75) is 26.2 Å². The molecule has 0 bridgehead atoms. The first kappa shape index (κ1) is 13.7. The number of nitrogens with one attached hydrogen (secondary N) is 1. The predicted octanol–water partition coefficient (Wildman–Crippen LogP) is 1.75. The first-order valence-corrected chi connectivity index (χ1v) is 6.55. The van der Waals surface area contributed by atoms with Gasteiger partial charge in [-0.2, -0.15) is 0 Å². The van der Waals surface area contributed by atoms with Crippen LogP contribution in [0.15, 0.2) is 17.5 Å². The summed E-state index contributed by atoms with van der Waals surface area (Å²) in [5, 5.41) is 4.79. The Balaban J connectivity index is 2.07. The van der Waals surface area contributed by atoms with E-state index < -0.39 is 0 Å². The van der Waals surface area contributed by atoms with Gasteiger partial charge in [-0.15, -0.1) is 11.3 Å². The van der Waals surface area contributed by atoms with E-state index in [0.29, 0.717) is 13.2 Å². The molecule has 0 aliphatic carbocycles. The lowest BCUT2D eigenvalue weighted by Crippen LogP contribution is -2.26. The number of thiophene rings is 1. The summed E-state index contributed by atoms with van der Waals surface area (Å²) in [5.74, 6) is -0.421. The minimum atomic E-state index is -0.319. The van der Waals surface area contributed by atoms with Crippen LogP contribution in [0, 0.1) is 0 Å². The highest BCUT2D eigenvalue weighted by atomic mass is 32.1. The van der Waals surface area contributed by atoms with E-state index in [1.54, 1.807) is 18.3 Å². The van der Waals surface area contributed by atoms with Gasteiger partial charge in [0.05, 0.1) is 13.0 Å². The van der Waals surface area contributed by atoms with Crippen molar-refractivity contribution < 1.29 is 14.3 Å². The Morgan fingerprint density at radius 2 is 2.24 bits per heavy atom. The zero-order valence-electron chi connectivity index (χ0n) is 9.90. The first-order valence-electron chi connectivity index (χ1n) is 5.67. The molecule has 1 rings (SSSR count). The van der Waals surface area contributed by atoms with E-state index in [9.17, 15) is 9.59 Å². The summed E-state index contributed by atoms with van der Waals surface area (Å²) in [5.41, 5.74) is 0. The molecule has 94 valence electrons.